The molecule has 0 radical (unpaired) electrons. The van der Waals surface area contributed by atoms with E-state index in [0.717, 1.165) is 52.0 Å². The number of rotatable bonds is 9. The third kappa shape index (κ3) is 7.02. The Morgan fingerprint density at radius 1 is 1.24 bits per heavy atom. The van der Waals surface area contributed by atoms with E-state index < -0.39 is 0 Å². The molecule has 0 bridgehead atoms. The zero-order chi connectivity index (χ0) is 18.1. The van der Waals surface area contributed by atoms with Crippen LogP contribution in [0.25, 0.3) is 0 Å². The van der Waals surface area contributed by atoms with E-state index in [9.17, 15) is 4.79 Å². The van der Waals surface area contributed by atoms with E-state index in [2.05, 4.69) is 36.7 Å². The van der Waals surface area contributed by atoms with Crippen molar-refractivity contribution < 1.29 is 9.53 Å². The van der Waals surface area contributed by atoms with Gasteiger partial charge >= 0.3 is 0 Å². The average molecular weight is 348 g/mol. The van der Waals surface area contributed by atoms with Crippen molar-refractivity contribution in [3.05, 3.63) is 23.9 Å². The molecule has 5 nitrogen and oxygen atoms in total. The maximum absolute atomic E-state index is 12.2. The van der Waals surface area contributed by atoms with Gasteiger partial charge in [0.15, 0.2) is 0 Å². The number of hydrogen-bond acceptors (Lipinski definition) is 4. The largest absolute Gasteiger partial charge is 0.478 e. The van der Waals surface area contributed by atoms with E-state index in [1.54, 1.807) is 0 Å². The highest BCUT2D eigenvalue weighted by atomic mass is 16.5. The highest BCUT2D eigenvalue weighted by Crippen LogP contribution is 2.11. The number of carbonyl (C=O) groups is 1. The molecule has 140 valence electrons. The van der Waals surface area contributed by atoms with E-state index in [1.165, 1.54) is 5.56 Å². The molecular weight excluding hydrogens is 314 g/mol. The van der Waals surface area contributed by atoms with Crippen LogP contribution in [0, 0.1) is 5.92 Å². The second-order valence-corrected chi connectivity index (χ2v) is 7.22. The lowest BCUT2D eigenvalue weighted by atomic mass is 10.1. The molecule has 0 saturated carbocycles. The summed E-state index contributed by atoms with van der Waals surface area (Å²) in [5.41, 5.74) is 1.23. The van der Waals surface area contributed by atoms with Crippen molar-refractivity contribution in [2.45, 2.75) is 46.5 Å². The summed E-state index contributed by atoms with van der Waals surface area (Å²) in [6.07, 6.45) is 5.54. The molecule has 2 heterocycles. The van der Waals surface area contributed by atoms with Gasteiger partial charge in [-0.1, -0.05) is 26.8 Å². The van der Waals surface area contributed by atoms with E-state index in [1.807, 2.05) is 17.2 Å². The van der Waals surface area contributed by atoms with E-state index in [0.29, 0.717) is 30.7 Å². The topological polar surface area (TPSA) is 45.7 Å². The van der Waals surface area contributed by atoms with Crippen LogP contribution < -0.4 is 4.74 Å². The van der Waals surface area contributed by atoms with Gasteiger partial charge in [0, 0.05) is 51.4 Å². The summed E-state index contributed by atoms with van der Waals surface area (Å²) in [7, 11) is 0. The highest BCUT2D eigenvalue weighted by Gasteiger charge is 2.20. The fraction of sp³-hybridized carbons (Fsp3) is 0.700. The summed E-state index contributed by atoms with van der Waals surface area (Å²) in [5, 5.41) is 0. The summed E-state index contributed by atoms with van der Waals surface area (Å²) in [6, 6.07) is 4.01. The number of aromatic nitrogens is 1. The van der Waals surface area contributed by atoms with E-state index in [4.69, 9.17) is 4.74 Å². The van der Waals surface area contributed by atoms with Crippen LogP contribution in [-0.2, 0) is 11.2 Å². The van der Waals surface area contributed by atoms with Gasteiger partial charge in [0.1, 0.15) is 0 Å². The Morgan fingerprint density at radius 3 is 2.60 bits per heavy atom. The standard InChI is InChI=1S/C20H33N3O2/c1-4-18-7-8-19(21-16-18)25-15-5-10-22-11-13-23(14-12-22)20(24)9-6-17(2)3/h7-8,16-17H,4-6,9-15H2,1-3H3. The summed E-state index contributed by atoms with van der Waals surface area (Å²) in [4.78, 5) is 20.9. The van der Waals surface area contributed by atoms with Crippen LogP contribution in [0.5, 0.6) is 5.88 Å². The number of hydrogen-bond donors (Lipinski definition) is 0. The van der Waals surface area contributed by atoms with E-state index in [-0.39, 0.29) is 0 Å². The van der Waals surface area contributed by atoms with Gasteiger partial charge in [-0.25, -0.2) is 4.98 Å². The fourth-order valence-corrected chi connectivity index (χ4v) is 2.96. The zero-order valence-corrected chi connectivity index (χ0v) is 16.0. The van der Waals surface area contributed by atoms with Gasteiger partial charge in [0.25, 0.3) is 0 Å². The number of ether oxygens (including phenoxy) is 1. The number of nitrogens with zero attached hydrogens (tertiary/aromatic N) is 3. The first kappa shape index (κ1) is 19.7. The molecule has 1 aliphatic heterocycles. The highest BCUT2D eigenvalue weighted by molar-refractivity contribution is 5.76. The lowest BCUT2D eigenvalue weighted by molar-refractivity contribution is -0.133. The Balaban J connectivity index is 1.58. The van der Waals surface area contributed by atoms with Crippen molar-refractivity contribution in [2.24, 2.45) is 5.92 Å². The minimum atomic E-state index is 0.318. The van der Waals surface area contributed by atoms with Gasteiger partial charge in [-0.15, -0.1) is 0 Å². The summed E-state index contributed by atoms with van der Waals surface area (Å²) in [5.74, 6) is 1.62. The second-order valence-electron chi connectivity index (χ2n) is 7.22. The Kier molecular flexibility index (Phi) is 8.19. The number of piperazine rings is 1. The van der Waals surface area contributed by atoms with Crippen LogP contribution in [0.2, 0.25) is 0 Å². The molecule has 0 atom stereocenters. The molecule has 0 aliphatic carbocycles. The molecule has 2 rings (SSSR count). The lowest BCUT2D eigenvalue weighted by Crippen LogP contribution is -2.49. The molecule has 5 heteroatoms. The van der Waals surface area contributed by atoms with Crippen molar-refractivity contribution in [1.82, 2.24) is 14.8 Å². The molecule has 1 aromatic heterocycles. The maximum atomic E-state index is 12.2. The number of carbonyl (C=O) groups excluding carboxylic acids is 1. The predicted octanol–water partition coefficient (Wildman–Crippen LogP) is 2.99. The minimum absolute atomic E-state index is 0.318. The second kappa shape index (κ2) is 10.4. The smallest absolute Gasteiger partial charge is 0.222 e. The molecule has 1 amide bonds. The summed E-state index contributed by atoms with van der Waals surface area (Å²) in [6.45, 7) is 11.8. The third-order valence-corrected chi connectivity index (χ3v) is 4.74. The number of pyridine rings is 1. The molecule has 0 spiro atoms. The molecule has 1 aliphatic rings. The molecule has 0 unspecified atom stereocenters. The average Bonchev–Trinajstić information content (AvgIpc) is 2.64. The van der Waals surface area contributed by atoms with Gasteiger partial charge < -0.3 is 9.64 Å². The minimum Gasteiger partial charge on any atom is -0.478 e. The van der Waals surface area contributed by atoms with Crippen molar-refractivity contribution >= 4 is 5.91 Å². The number of aryl methyl sites for hydroxylation is 1. The SMILES string of the molecule is CCc1ccc(OCCCN2CCN(C(=O)CCC(C)C)CC2)nc1. The fourth-order valence-electron chi connectivity index (χ4n) is 2.96. The Labute approximate surface area is 152 Å². The van der Waals surface area contributed by atoms with E-state index >= 15 is 0 Å². The summed E-state index contributed by atoms with van der Waals surface area (Å²) >= 11 is 0. The van der Waals surface area contributed by atoms with Crippen LogP contribution in [-0.4, -0.2) is 60.0 Å². The molecule has 0 aromatic carbocycles. The zero-order valence-electron chi connectivity index (χ0n) is 16.0. The molecule has 0 N–H and O–H groups in total. The van der Waals surface area contributed by atoms with Crippen molar-refractivity contribution in [1.29, 1.82) is 0 Å². The van der Waals surface area contributed by atoms with Gasteiger partial charge in [-0.05, 0) is 30.7 Å². The van der Waals surface area contributed by atoms with Crippen molar-refractivity contribution in [2.75, 3.05) is 39.3 Å². The monoisotopic (exact) mass is 347 g/mol. The van der Waals surface area contributed by atoms with Crippen molar-refractivity contribution in [3.63, 3.8) is 0 Å². The Bertz CT molecular complexity index is 508. The van der Waals surface area contributed by atoms with Crippen LogP contribution in [0.3, 0.4) is 0 Å². The molecular formula is C20H33N3O2. The van der Waals surface area contributed by atoms with Gasteiger partial charge in [-0.3, -0.25) is 9.69 Å². The maximum Gasteiger partial charge on any atom is 0.222 e. The van der Waals surface area contributed by atoms with Gasteiger partial charge in [-0.2, -0.15) is 0 Å². The first-order chi connectivity index (χ1) is 12.1. The van der Waals surface area contributed by atoms with Crippen LogP contribution in [0.1, 0.15) is 45.6 Å². The Hall–Kier alpha value is -1.62. The third-order valence-electron chi connectivity index (χ3n) is 4.74. The first-order valence-electron chi connectivity index (χ1n) is 9.66. The van der Waals surface area contributed by atoms with Gasteiger partial charge in [0.05, 0.1) is 6.61 Å². The summed E-state index contributed by atoms with van der Waals surface area (Å²) < 4.78 is 5.71. The van der Waals surface area contributed by atoms with Crippen LogP contribution >= 0.6 is 0 Å². The number of amides is 1. The molecule has 1 saturated heterocycles. The Morgan fingerprint density at radius 2 is 2.00 bits per heavy atom. The molecule has 25 heavy (non-hydrogen) atoms. The molecule has 1 fully saturated rings. The van der Waals surface area contributed by atoms with Crippen LogP contribution in [0.15, 0.2) is 18.3 Å². The first-order valence-corrected chi connectivity index (χ1v) is 9.66. The van der Waals surface area contributed by atoms with Crippen LogP contribution in [0.4, 0.5) is 0 Å². The normalized spacial score (nSPS) is 15.6. The van der Waals surface area contributed by atoms with Gasteiger partial charge in [0.2, 0.25) is 11.8 Å². The predicted molar refractivity (Wildman–Crippen MR) is 101 cm³/mol. The molecule has 1 aromatic rings. The lowest BCUT2D eigenvalue weighted by Gasteiger charge is -2.34. The quantitative estimate of drug-likeness (QED) is 0.644. The van der Waals surface area contributed by atoms with Crippen molar-refractivity contribution in [3.8, 4) is 5.88 Å².